The number of hydrogen-bond donors (Lipinski definition) is 1. The van der Waals surface area contributed by atoms with Gasteiger partial charge in [-0.3, -0.25) is 4.79 Å². The third kappa shape index (κ3) is 4.34. The Morgan fingerprint density at radius 1 is 1.09 bits per heavy atom. The molecule has 1 N–H and O–H groups in total. The fourth-order valence-corrected chi connectivity index (χ4v) is 2.49. The average Bonchev–Trinajstić information content (AvgIpc) is 2.47. The van der Waals surface area contributed by atoms with Crippen molar-refractivity contribution in [2.24, 2.45) is 0 Å². The molecule has 0 aliphatic carbocycles. The topological polar surface area (TPSA) is 38.3 Å². The minimum absolute atomic E-state index is 0.0194. The van der Waals surface area contributed by atoms with E-state index in [4.69, 9.17) is 4.74 Å². The summed E-state index contributed by atoms with van der Waals surface area (Å²) in [5, 5.41) is 2.83. The van der Waals surface area contributed by atoms with Crippen molar-refractivity contribution in [3.63, 3.8) is 0 Å². The lowest BCUT2D eigenvalue weighted by molar-refractivity contribution is -0.118. The van der Waals surface area contributed by atoms with Gasteiger partial charge in [0.1, 0.15) is 5.75 Å². The molecule has 0 bridgehead atoms. The summed E-state index contributed by atoms with van der Waals surface area (Å²) in [5.74, 6) is 0.563. The summed E-state index contributed by atoms with van der Waals surface area (Å²) < 4.78 is 6.56. The highest BCUT2D eigenvalue weighted by Gasteiger charge is 2.18. The monoisotopic (exact) mass is 361 g/mol. The molecular weight excluding hydrogens is 342 g/mol. The molecular formula is C18H20BrNO2. The van der Waals surface area contributed by atoms with Gasteiger partial charge in [-0.2, -0.15) is 0 Å². The lowest BCUT2D eigenvalue weighted by Crippen LogP contribution is -2.22. The largest absolute Gasteiger partial charge is 0.483 e. The minimum Gasteiger partial charge on any atom is -0.483 e. The van der Waals surface area contributed by atoms with Crippen molar-refractivity contribution in [3.8, 4) is 5.75 Å². The fraction of sp³-hybridized carbons (Fsp3) is 0.278. The molecule has 4 heteroatoms. The molecule has 0 atom stereocenters. The van der Waals surface area contributed by atoms with Gasteiger partial charge in [-0.15, -0.1) is 0 Å². The molecule has 0 unspecified atom stereocenters. The van der Waals surface area contributed by atoms with Gasteiger partial charge in [0, 0.05) is 4.47 Å². The van der Waals surface area contributed by atoms with Crippen molar-refractivity contribution in [2.45, 2.75) is 26.2 Å². The van der Waals surface area contributed by atoms with Crippen LogP contribution in [0.15, 0.2) is 53.0 Å². The zero-order valence-corrected chi connectivity index (χ0v) is 14.6. The summed E-state index contributed by atoms with van der Waals surface area (Å²) in [6.07, 6.45) is 0. The summed E-state index contributed by atoms with van der Waals surface area (Å²) >= 11 is 3.40. The zero-order valence-electron chi connectivity index (χ0n) is 13.0. The van der Waals surface area contributed by atoms with Crippen LogP contribution in [0.4, 0.5) is 5.69 Å². The smallest absolute Gasteiger partial charge is 0.262 e. The summed E-state index contributed by atoms with van der Waals surface area (Å²) in [4.78, 5) is 12.0. The Kier molecular flexibility index (Phi) is 5.24. The third-order valence-corrected chi connectivity index (χ3v) is 3.89. The number of halogens is 1. The molecule has 0 aromatic heterocycles. The quantitative estimate of drug-likeness (QED) is 0.851. The number of benzene rings is 2. The SMILES string of the molecule is CC(C)(C)c1ccccc1OCC(=O)Nc1ccccc1Br. The van der Waals surface area contributed by atoms with Crippen LogP contribution in [-0.2, 0) is 10.2 Å². The van der Waals surface area contributed by atoms with Gasteiger partial charge >= 0.3 is 0 Å². The molecule has 2 aromatic rings. The molecule has 2 rings (SSSR count). The van der Waals surface area contributed by atoms with Gasteiger partial charge in [0.2, 0.25) is 0 Å². The summed E-state index contributed by atoms with van der Waals surface area (Å²) in [5.41, 5.74) is 1.79. The molecule has 0 saturated heterocycles. The van der Waals surface area contributed by atoms with E-state index in [1.807, 2.05) is 48.5 Å². The summed E-state index contributed by atoms with van der Waals surface area (Å²) in [7, 11) is 0. The van der Waals surface area contributed by atoms with Gasteiger partial charge < -0.3 is 10.1 Å². The first kappa shape index (κ1) is 16.6. The van der Waals surface area contributed by atoms with E-state index in [0.29, 0.717) is 0 Å². The number of ether oxygens (including phenoxy) is 1. The Morgan fingerprint density at radius 3 is 2.41 bits per heavy atom. The summed E-state index contributed by atoms with van der Waals surface area (Å²) in [6, 6.07) is 15.3. The zero-order chi connectivity index (χ0) is 16.2. The van der Waals surface area contributed by atoms with E-state index in [9.17, 15) is 4.79 Å². The number of carbonyl (C=O) groups is 1. The number of rotatable bonds is 4. The van der Waals surface area contributed by atoms with Crippen LogP contribution in [0, 0.1) is 0 Å². The predicted molar refractivity (Wildman–Crippen MR) is 93.4 cm³/mol. The number of anilines is 1. The van der Waals surface area contributed by atoms with Crippen molar-refractivity contribution in [2.75, 3.05) is 11.9 Å². The van der Waals surface area contributed by atoms with Gasteiger partial charge in [0.05, 0.1) is 5.69 Å². The average molecular weight is 362 g/mol. The Labute approximate surface area is 139 Å². The first-order valence-corrected chi connectivity index (χ1v) is 7.94. The van der Waals surface area contributed by atoms with Gasteiger partial charge in [-0.1, -0.05) is 51.1 Å². The standard InChI is InChI=1S/C18H20BrNO2/c1-18(2,3)13-8-4-7-11-16(13)22-12-17(21)20-15-10-6-5-9-14(15)19/h4-11H,12H2,1-3H3,(H,20,21). The second-order valence-corrected chi connectivity index (χ2v) is 6.92. The number of carbonyl (C=O) groups excluding carboxylic acids is 1. The number of amides is 1. The highest BCUT2D eigenvalue weighted by molar-refractivity contribution is 9.10. The van der Waals surface area contributed by atoms with Crippen LogP contribution in [-0.4, -0.2) is 12.5 Å². The van der Waals surface area contributed by atoms with E-state index < -0.39 is 0 Å². The lowest BCUT2D eigenvalue weighted by atomic mass is 9.86. The van der Waals surface area contributed by atoms with Gasteiger partial charge in [-0.25, -0.2) is 0 Å². The maximum atomic E-state index is 12.0. The number of para-hydroxylation sites is 2. The van der Waals surface area contributed by atoms with Crippen LogP contribution in [0.2, 0.25) is 0 Å². The van der Waals surface area contributed by atoms with E-state index >= 15 is 0 Å². The molecule has 2 aromatic carbocycles. The highest BCUT2D eigenvalue weighted by Crippen LogP contribution is 2.31. The van der Waals surface area contributed by atoms with Gasteiger partial charge in [0.15, 0.2) is 6.61 Å². The van der Waals surface area contributed by atoms with E-state index in [0.717, 1.165) is 21.5 Å². The summed E-state index contributed by atoms with van der Waals surface area (Å²) in [6.45, 7) is 6.34. The Hall–Kier alpha value is -1.81. The van der Waals surface area contributed by atoms with Crippen LogP contribution >= 0.6 is 15.9 Å². The predicted octanol–water partition coefficient (Wildman–Crippen LogP) is 4.76. The highest BCUT2D eigenvalue weighted by atomic mass is 79.9. The molecule has 0 aliphatic heterocycles. The Bertz CT molecular complexity index is 662. The van der Waals surface area contributed by atoms with Crippen LogP contribution in [0.3, 0.4) is 0 Å². The first-order chi connectivity index (χ1) is 10.4. The number of hydrogen-bond acceptors (Lipinski definition) is 2. The Balaban J connectivity index is 2.02. The van der Waals surface area contributed by atoms with E-state index in [2.05, 4.69) is 42.0 Å². The molecule has 1 amide bonds. The Morgan fingerprint density at radius 2 is 1.73 bits per heavy atom. The first-order valence-electron chi connectivity index (χ1n) is 7.14. The van der Waals surface area contributed by atoms with E-state index in [1.165, 1.54) is 0 Å². The molecule has 22 heavy (non-hydrogen) atoms. The van der Waals surface area contributed by atoms with Crippen molar-refractivity contribution in [1.29, 1.82) is 0 Å². The van der Waals surface area contributed by atoms with Crippen molar-refractivity contribution in [3.05, 3.63) is 58.6 Å². The second-order valence-electron chi connectivity index (χ2n) is 6.06. The maximum absolute atomic E-state index is 12.0. The van der Waals surface area contributed by atoms with Crippen LogP contribution in [0.5, 0.6) is 5.75 Å². The van der Waals surface area contributed by atoms with Crippen molar-refractivity contribution < 1.29 is 9.53 Å². The van der Waals surface area contributed by atoms with Crippen LogP contribution in [0.25, 0.3) is 0 Å². The number of nitrogens with one attached hydrogen (secondary N) is 1. The van der Waals surface area contributed by atoms with Crippen LogP contribution in [0.1, 0.15) is 26.3 Å². The lowest BCUT2D eigenvalue weighted by Gasteiger charge is -2.22. The van der Waals surface area contributed by atoms with Gasteiger partial charge in [0.25, 0.3) is 5.91 Å². The molecule has 0 heterocycles. The molecule has 0 aliphatic rings. The third-order valence-electron chi connectivity index (χ3n) is 3.20. The van der Waals surface area contributed by atoms with Gasteiger partial charge in [-0.05, 0) is 45.1 Å². The normalized spacial score (nSPS) is 11.1. The van der Waals surface area contributed by atoms with Crippen molar-refractivity contribution in [1.82, 2.24) is 0 Å². The molecule has 116 valence electrons. The van der Waals surface area contributed by atoms with Crippen molar-refractivity contribution >= 4 is 27.5 Å². The van der Waals surface area contributed by atoms with Crippen LogP contribution < -0.4 is 10.1 Å². The molecule has 0 fully saturated rings. The molecule has 3 nitrogen and oxygen atoms in total. The van der Waals surface area contributed by atoms with E-state index in [-0.39, 0.29) is 17.9 Å². The minimum atomic E-state index is -0.185. The molecule has 0 radical (unpaired) electrons. The second kappa shape index (κ2) is 6.97. The maximum Gasteiger partial charge on any atom is 0.262 e. The van der Waals surface area contributed by atoms with E-state index in [1.54, 1.807) is 0 Å². The fourth-order valence-electron chi connectivity index (χ4n) is 2.10. The molecule has 0 saturated carbocycles. The molecule has 0 spiro atoms.